The molecule has 2 N–H and O–H groups in total. The van der Waals surface area contributed by atoms with E-state index in [4.69, 9.17) is 5.11 Å². The van der Waals surface area contributed by atoms with Crippen molar-refractivity contribution in [3.63, 3.8) is 0 Å². The van der Waals surface area contributed by atoms with E-state index in [1.54, 1.807) is 13.8 Å². The van der Waals surface area contributed by atoms with Gasteiger partial charge in [-0.1, -0.05) is 15.9 Å². The van der Waals surface area contributed by atoms with E-state index >= 15 is 0 Å². The first kappa shape index (κ1) is 13.4. The summed E-state index contributed by atoms with van der Waals surface area (Å²) in [6.07, 6.45) is 0. The molecular formula is C8H14BrNO4. The van der Waals surface area contributed by atoms with Gasteiger partial charge < -0.3 is 15.2 Å². The Bertz CT molecular complexity index is 224. The van der Waals surface area contributed by atoms with Gasteiger partial charge in [-0.3, -0.25) is 4.79 Å². The highest BCUT2D eigenvalue weighted by atomic mass is 79.9. The van der Waals surface area contributed by atoms with Crippen molar-refractivity contribution in [1.29, 1.82) is 0 Å². The maximum Gasteiger partial charge on any atom is 0.330 e. The molecule has 0 bridgehead atoms. The van der Waals surface area contributed by atoms with E-state index in [-0.39, 0.29) is 5.91 Å². The third-order valence-corrected chi connectivity index (χ3v) is 1.87. The van der Waals surface area contributed by atoms with Crippen LogP contribution >= 0.6 is 15.9 Å². The minimum atomic E-state index is -1.01. The number of esters is 1. The first-order valence-corrected chi connectivity index (χ1v) is 4.80. The van der Waals surface area contributed by atoms with E-state index in [9.17, 15) is 9.59 Å². The molecular weight excluding hydrogens is 254 g/mol. The molecule has 0 aromatic carbocycles. The molecule has 0 saturated carbocycles. The van der Waals surface area contributed by atoms with Crippen molar-refractivity contribution >= 4 is 27.8 Å². The Labute approximate surface area is 90.9 Å². The molecule has 0 saturated heterocycles. The van der Waals surface area contributed by atoms with Gasteiger partial charge in [0.05, 0.1) is 18.0 Å². The Balaban J connectivity index is 4.34. The van der Waals surface area contributed by atoms with Gasteiger partial charge in [0, 0.05) is 0 Å². The van der Waals surface area contributed by atoms with Gasteiger partial charge >= 0.3 is 5.97 Å². The van der Waals surface area contributed by atoms with Gasteiger partial charge in [0.1, 0.15) is 0 Å². The number of aliphatic hydroxyl groups excluding tert-OH is 1. The van der Waals surface area contributed by atoms with Crippen LogP contribution in [-0.4, -0.2) is 41.1 Å². The molecule has 6 heteroatoms. The van der Waals surface area contributed by atoms with Crippen LogP contribution in [-0.2, 0) is 14.3 Å². The summed E-state index contributed by atoms with van der Waals surface area (Å²) in [5.41, 5.74) is 0. The van der Waals surface area contributed by atoms with Gasteiger partial charge in [0.25, 0.3) is 0 Å². The summed E-state index contributed by atoms with van der Waals surface area (Å²) in [6.45, 7) is 2.78. The Morgan fingerprint density at radius 3 is 2.36 bits per heavy atom. The lowest BCUT2D eigenvalue weighted by molar-refractivity contribution is -0.146. The maximum absolute atomic E-state index is 11.4. The molecule has 82 valence electrons. The monoisotopic (exact) mass is 267 g/mol. The van der Waals surface area contributed by atoms with Crippen LogP contribution in [0, 0.1) is 0 Å². The normalized spacial score (nSPS) is 13.2. The number of hydrogen-bond acceptors (Lipinski definition) is 4. The number of hydrogen-bond donors (Lipinski definition) is 2. The summed E-state index contributed by atoms with van der Waals surface area (Å²) < 4.78 is 3.60. The summed E-state index contributed by atoms with van der Waals surface area (Å²) >= 11 is 3.13. The third kappa shape index (κ3) is 4.06. The fourth-order valence-corrected chi connectivity index (χ4v) is 0.766. The molecule has 0 rings (SSSR count). The minimum absolute atomic E-state index is 0.387. The maximum atomic E-state index is 11.4. The fraction of sp³-hybridized carbons (Fsp3) is 0.750. The number of carbonyl (C=O) groups excluding carboxylic acids is 2. The molecule has 0 heterocycles. The predicted octanol–water partition coefficient (Wildman–Crippen LogP) is -0.190. The van der Waals surface area contributed by atoms with E-state index in [2.05, 4.69) is 26.0 Å². The van der Waals surface area contributed by atoms with Gasteiger partial charge in [0.2, 0.25) is 5.91 Å². The topological polar surface area (TPSA) is 75.6 Å². The number of ether oxygens (including phenoxy) is 1. The van der Waals surface area contributed by atoms with Crippen LogP contribution in [0.5, 0.6) is 0 Å². The average Bonchev–Trinajstić information content (AvgIpc) is 2.10. The number of rotatable bonds is 4. The first-order valence-electron chi connectivity index (χ1n) is 4.01. The summed E-state index contributed by atoms with van der Waals surface area (Å²) in [4.78, 5) is 22.4. The number of carbonyl (C=O) groups is 2. The molecule has 0 fully saturated rings. The van der Waals surface area contributed by atoms with Crippen LogP contribution in [0.1, 0.15) is 13.8 Å². The Morgan fingerprint density at radius 2 is 2.07 bits per heavy atom. The van der Waals surface area contributed by atoms with Gasteiger partial charge in [0.15, 0.2) is 6.04 Å². The zero-order valence-electron chi connectivity index (χ0n) is 8.33. The van der Waals surface area contributed by atoms with Crippen LogP contribution in [0.25, 0.3) is 0 Å². The third-order valence-electron chi connectivity index (χ3n) is 1.51. The van der Waals surface area contributed by atoms with Crippen molar-refractivity contribution in [3.05, 3.63) is 0 Å². The Morgan fingerprint density at radius 1 is 1.57 bits per heavy atom. The minimum Gasteiger partial charge on any atom is -0.467 e. The lowest BCUT2D eigenvalue weighted by atomic mass is 10.2. The van der Waals surface area contributed by atoms with E-state index in [1.165, 1.54) is 7.11 Å². The second-order valence-corrected chi connectivity index (χ2v) is 5.19. The molecule has 1 unspecified atom stereocenters. The highest BCUT2D eigenvalue weighted by molar-refractivity contribution is 9.10. The van der Waals surface area contributed by atoms with Gasteiger partial charge in [-0.25, -0.2) is 4.79 Å². The first-order chi connectivity index (χ1) is 6.32. The number of methoxy groups -OCH3 is 1. The molecule has 0 aliphatic rings. The van der Waals surface area contributed by atoms with E-state index in [0.29, 0.717) is 0 Å². The molecule has 5 nitrogen and oxygen atoms in total. The standard InChI is InChI=1S/C8H14BrNO4/c1-8(2,9)7(13)10-5(4-11)6(12)14-3/h5,11H,4H2,1-3H3,(H,10,13). The predicted molar refractivity (Wildman–Crippen MR) is 54.0 cm³/mol. The molecule has 0 aromatic rings. The molecule has 0 aliphatic carbocycles. The van der Waals surface area contributed by atoms with Crippen molar-refractivity contribution in [2.75, 3.05) is 13.7 Å². The molecule has 0 aliphatic heterocycles. The lowest BCUT2D eigenvalue weighted by Gasteiger charge is -2.20. The van der Waals surface area contributed by atoms with Gasteiger partial charge in [-0.2, -0.15) is 0 Å². The summed E-state index contributed by atoms with van der Waals surface area (Å²) in [5, 5.41) is 11.2. The second kappa shape index (κ2) is 5.31. The Kier molecular flexibility index (Phi) is 5.07. The fourth-order valence-electron chi connectivity index (χ4n) is 0.651. The number of nitrogens with one attached hydrogen (secondary N) is 1. The van der Waals surface area contributed by atoms with Crippen molar-refractivity contribution in [2.45, 2.75) is 24.2 Å². The Hall–Kier alpha value is -0.620. The zero-order valence-corrected chi connectivity index (χ0v) is 9.92. The van der Waals surface area contributed by atoms with Crippen LogP contribution in [0.2, 0.25) is 0 Å². The molecule has 1 amide bonds. The second-order valence-electron chi connectivity index (χ2n) is 3.20. The van der Waals surface area contributed by atoms with Crippen molar-refractivity contribution in [2.24, 2.45) is 0 Å². The largest absolute Gasteiger partial charge is 0.467 e. The molecule has 0 aromatic heterocycles. The zero-order chi connectivity index (χ0) is 11.4. The van der Waals surface area contributed by atoms with Crippen molar-refractivity contribution < 1.29 is 19.4 Å². The van der Waals surface area contributed by atoms with Crippen LogP contribution < -0.4 is 5.32 Å². The molecule has 1 atom stereocenters. The molecule has 0 radical (unpaired) electrons. The molecule has 0 spiro atoms. The van der Waals surface area contributed by atoms with E-state index in [0.717, 1.165) is 0 Å². The quantitative estimate of drug-likeness (QED) is 0.547. The molecule has 14 heavy (non-hydrogen) atoms. The van der Waals surface area contributed by atoms with Crippen molar-refractivity contribution in [1.82, 2.24) is 5.32 Å². The highest BCUT2D eigenvalue weighted by Gasteiger charge is 2.28. The number of alkyl halides is 1. The van der Waals surface area contributed by atoms with Gasteiger partial charge in [-0.05, 0) is 13.8 Å². The van der Waals surface area contributed by atoms with E-state index < -0.39 is 22.9 Å². The summed E-state index contributed by atoms with van der Waals surface area (Å²) in [6, 6.07) is -1.01. The van der Waals surface area contributed by atoms with Gasteiger partial charge in [-0.15, -0.1) is 0 Å². The van der Waals surface area contributed by atoms with E-state index in [1.807, 2.05) is 0 Å². The smallest absolute Gasteiger partial charge is 0.330 e. The number of halogens is 1. The number of aliphatic hydroxyl groups is 1. The lowest BCUT2D eigenvalue weighted by Crippen LogP contribution is -2.49. The summed E-state index contributed by atoms with van der Waals surface area (Å²) in [7, 11) is 1.19. The van der Waals surface area contributed by atoms with Crippen molar-refractivity contribution in [3.8, 4) is 0 Å². The van der Waals surface area contributed by atoms with Crippen LogP contribution in [0.4, 0.5) is 0 Å². The van der Waals surface area contributed by atoms with Crippen LogP contribution in [0.15, 0.2) is 0 Å². The summed E-state index contributed by atoms with van der Waals surface area (Å²) in [5.74, 6) is -1.06. The highest BCUT2D eigenvalue weighted by Crippen LogP contribution is 2.15. The van der Waals surface area contributed by atoms with Crippen LogP contribution in [0.3, 0.4) is 0 Å². The SMILES string of the molecule is COC(=O)C(CO)NC(=O)C(C)(C)Br. The average molecular weight is 268 g/mol. The number of amides is 1.